The molecule has 2 aromatic rings. The van der Waals surface area contributed by atoms with Crippen LogP contribution in [0.5, 0.6) is 0 Å². The minimum Gasteiger partial charge on any atom is -0.297 e. The number of rotatable bonds is 8. The van der Waals surface area contributed by atoms with E-state index >= 15 is 0 Å². The maximum absolute atomic E-state index is 12.7. The van der Waals surface area contributed by atoms with E-state index in [0.29, 0.717) is 0 Å². The van der Waals surface area contributed by atoms with E-state index in [-0.39, 0.29) is 18.6 Å². The van der Waals surface area contributed by atoms with Gasteiger partial charge in [0.05, 0.1) is 9.65 Å². The minimum atomic E-state index is -1.18. The van der Waals surface area contributed by atoms with Crippen LogP contribution in [0.2, 0.25) is 0 Å². The van der Waals surface area contributed by atoms with Gasteiger partial charge in [0.15, 0.2) is 5.78 Å². The first-order chi connectivity index (χ1) is 12.1. The Morgan fingerprint density at radius 1 is 0.731 bits per heavy atom. The molecule has 0 amide bonds. The lowest BCUT2D eigenvalue weighted by molar-refractivity contribution is -0.118. The van der Waals surface area contributed by atoms with Gasteiger partial charge in [0.25, 0.3) is 0 Å². The minimum absolute atomic E-state index is 0.117. The molecule has 0 fully saturated rings. The lowest BCUT2D eigenvalue weighted by Crippen LogP contribution is -2.31. The zero-order chi connectivity index (χ0) is 19.4. The largest absolute Gasteiger partial charge is 0.297 e. The zero-order valence-corrected chi connectivity index (χ0v) is 19.7. The summed E-state index contributed by atoms with van der Waals surface area (Å²) in [5.41, 5.74) is 1.47. The molecule has 1 nitrogen and oxygen atoms in total. The van der Waals surface area contributed by atoms with Gasteiger partial charge in [-0.25, -0.2) is 0 Å². The molecule has 2 unspecified atom stereocenters. The van der Waals surface area contributed by atoms with Gasteiger partial charge in [-0.15, -0.1) is 0 Å². The summed E-state index contributed by atoms with van der Waals surface area (Å²) < 4.78 is -2.37. The van der Waals surface area contributed by atoms with Crippen LogP contribution in [0.1, 0.15) is 24.0 Å². The van der Waals surface area contributed by atoms with Gasteiger partial charge >= 0.3 is 0 Å². The molecule has 2 atom stereocenters. The highest BCUT2D eigenvalue weighted by atomic mass is 79.9. The smallest absolute Gasteiger partial charge is 0.160 e. The molecule has 0 aliphatic heterocycles. The fraction of sp³-hybridized carbons (Fsp3) is 0.316. The summed E-state index contributed by atoms with van der Waals surface area (Å²) >= 11 is 32.6. The first-order valence-electron chi connectivity index (χ1n) is 7.82. The van der Waals surface area contributed by atoms with Crippen LogP contribution in [0.15, 0.2) is 60.7 Å². The fourth-order valence-electron chi connectivity index (χ4n) is 2.45. The number of ketones is 1. The molecule has 0 aromatic heterocycles. The van der Waals surface area contributed by atoms with E-state index in [1.807, 2.05) is 60.7 Å². The quantitative estimate of drug-likeness (QED) is 0.305. The van der Waals surface area contributed by atoms with E-state index < -0.39 is 18.3 Å². The number of carbonyl (C=O) groups excluding carboxylic acids is 1. The summed E-state index contributed by atoms with van der Waals surface area (Å²) in [5, 5.41) is 0. The van der Waals surface area contributed by atoms with Crippen molar-refractivity contribution in [1.82, 2.24) is 0 Å². The lowest BCUT2D eigenvalue weighted by atomic mass is 10.0. The van der Waals surface area contributed by atoms with Gasteiger partial charge in [0, 0.05) is 12.8 Å². The first kappa shape index (κ1) is 22.5. The molecular weight excluding hydrogens is 546 g/mol. The molecule has 0 bridgehead atoms. The molecule has 0 spiro atoms. The standard InChI is InChI=1S/C19H16Br2Cl4O/c20-15(11-18(22,23)13-7-3-1-4-8-13)17(26)16(21)12-19(24,25)14-9-5-2-6-10-14/h1-10,15-16H,11-12H2. The van der Waals surface area contributed by atoms with Gasteiger partial charge in [0.2, 0.25) is 0 Å². The van der Waals surface area contributed by atoms with Crippen LogP contribution in [-0.2, 0) is 13.5 Å². The molecule has 140 valence electrons. The molecular formula is C19H16Br2Cl4O. The third-order valence-corrected chi connectivity index (χ3v) is 6.92. The highest BCUT2D eigenvalue weighted by Crippen LogP contribution is 2.43. The number of Topliss-reactive ketones (excluding diaryl/α,β-unsaturated/α-hetero) is 1. The van der Waals surface area contributed by atoms with Crippen molar-refractivity contribution in [2.45, 2.75) is 31.2 Å². The van der Waals surface area contributed by atoms with Gasteiger partial charge in [0.1, 0.15) is 8.67 Å². The summed E-state index contributed by atoms with van der Waals surface area (Å²) in [7, 11) is 0. The van der Waals surface area contributed by atoms with Crippen molar-refractivity contribution in [3.05, 3.63) is 71.8 Å². The number of halogens is 6. The van der Waals surface area contributed by atoms with E-state index in [0.717, 1.165) is 11.1 Å². The Morgan fingerprint density at radius 3 is 1.35 bits per heavy atom. The molecule has 0 aliphatic carbocycles. The van der Waals surface area contributed by atoms with E-state index in [1.165, 1.54) is 0 Å². The van der Waals surface area contributed by atoms with Crippen molar-refractivity contribution in [2.75, 3.05) is 0 Å². The second-order valence-corrected chi connectivity index (χ2v) is 11.1. The van der Waals surface area contributed by atoms with Crippen LogP contribution >= 0.6 is 78.3 Å². The van der Waals surface area contributed by atoms with E-state index in [4.69, 9.17) is 46.4 Å². The average molecular weight is 562 g/mol. The van der Waals surface area contributed by atoms with Crippen LogP contribution in [0.3, 0.4) is 0 Å². The number of benzene rings is 2. The molecule has 0 aliphatic rings. The molecule has 0 radical (unpaired) electrons. The summed E-state index contributed by atoms with van der Waals surface area (Å²) in [6.07, 6.45) is 0.425. The second kappa shape index (κ2) is 9.62. The van der Waals surface area contributed by atoms with Crippen molar-refractivity contribution in [3.8, 4) is 0 Å². The van der Waals surface area contributed by atoms with Crippen molar-refractivity contribution in [3.63, 3.8) is 0 Å². The predicted molar refractivity (Wildman–Crippen MR) is 119 cm³/mol. The average Bonchev–Trinajstić information content (AvgIpc) is 2.61. The lowest BCUT2D eigenvalue weighted by Gasteiger charge is -2.26. The summed E-state index contributed by atoms with van der Waals surface area (Å²) in [4.78, 5) is 11.6. The summed E-state index contributed by atoms with van der Waals surface area (Å²) in [5.74, 6) is -0.117. The molecule has 2 rings (SSSR count). The Morgan fingerprint density at radius 2 is 1.04 bits per heavy atom. The zero-order valence-electron chi connectivity index (χ0n) is 13.5. The Labute approximate surface area is 190 Å². The van der Waals surface area contributed by atoms with Gasteiger partial charge in [-0.05, 0) is 11.1 Å². The maximum atomic E-state index is 12.7. The summed E-state index contributed by atoms with van der Waals surface area (Å²) in [6.45, 7) is 0. The van der Waals surface area contributed by atoms with Crippen LogP contribution in [0, 0.1) is 0 Å². The van der Waals surface area contributed by atoms with Crippen LogP contribution in [-0.4, -0.2) is 15.4 Å². The van der Waals surface area contributed by atoms with Gasteiger partial charge in [-0.2, -0.15) is 0 Å². The molecule has 2 aromatic carbocycles. The monoisotopic (exact) mass is 558 g/mol. The molecule has 26 heavy (non-hydrogen) atoms. The first-order valence-corrected chi connectivity index (χ1v) is 11.2. The predicted octanol–water partition coefficient (Wildman–Crippen LogP) is 7.52. The van der Waals surface area contributed by atoms with Crippen molar-refractivity contribution in [2.24, 2.45) is 0 Å². The van der Waals surface area contributed by atoms with Crippen molar-refractivity contribution >= 4 is 84.0 Å². The van der Waals surface area contributed by atoms with Crippen LogP contribution in [0.25, 0.3) is 0 Å². The van der Waals surface area contributed by atoms with Crippen molar-refractivity contribution in [1.29, 1.82) is 0 Å². The maximum Gasteiger partial charge on any atom is 0.160 e. The Hall–Kier alpha value is 0.230. The Kier molecular flexibility index (Phi) is 8.34. The normalized spacial score (nSPS) is 14.7. The van der Waals surface area contributed by atoms with E-state index in [9.17, 15) is 4.79 Å². The highest BCUT2D eigenvalue weighted by Gasteiger charge is 2.37. The van der Waals surface area contributed by atoms with Gasteiger partial charge in [-0.1, -0.05) is 139 Å². The Balaban J connectivity index is 2.03. The van der Waals surface area contributed by atoms with E-state index in [2.05, 4.69) is 31.9 Å². The topological polar surface area (TPSA) is 17.1 Å². The fourth-order valence-corrected chi connectivity index (χ4v) is 6.28. The van der Waals surface area contributed by atoms with Crippen LogP contribution in [0.4, 0.5) is 0 Å². The van der Waals surface area contributed by atoms with Gasteiger partial charge < -0.3 is 0 Å². The van der Waals surface area contributed by atoms with Gasteiger partial charge in [-0.3, -0.25) is 4.79 Å². The molecule has 0 heterocycles. The second-order valence-electron chi connectivity index (χ2n) is 5.89. The third kappa shape index (κ3) is 6.12. The van der Waals surface area contributed by atoms with Crippen LogP contribution < -0.4 is 0 Å². The molecule has 0 saturated carbocycles. The van der Waals surface area contributed by atoms with Crippen molar-refractivity contribution < 1.29 is 4.79 Å². The molecule has 0 N–H and O–H groups in total. The SMILES string of the molecule is O=C(C(Br)CC(Cl)(Cl)c1ccccc1)C(Br)CC(Cl)(Cl)c1ccccc1. The number of hydrogen-bond acceptors (Lipinski definition) is 1. The number of hydrogen-bond donors (Lipinski definition) is 0. The molecule has 7 heteroatoms. The highest BCUT2D eigenvalue weighted by molar-refractivity contribution is 9.10. The summed E-state index contributed by atoms with van der Waals surface area (Å²) in [6, 6.07) is 18.5. The third-order valence-electron chi connectivity index (χ3n) is 3.88. The molecule has 0 saturated heterocycles. The Bertz CT molecular complexity index is 661. The van der Waals surface area contributed by atoms with E-state index in [1.54, 1.807) is 0 Å². The number of carbonyl (C=O) groups is 1. The number of alkyl halides is 6.